The minimum Gasteiger partial charge on any atom is -0.485 e. The Morgan fingerprint density at radius 3 is 2.53 bits per heavy atom. The molecule has 0 aliphatic carbocycles. The van der Waals surface area contributed by atoms with Gasteiger partial charge in [-0.1, -0.05) is 24.3 Å². The van der Waals surface area contributed by atoms with E-state index >= 15 is 0 Å². The molecule has 3 aromatic rings. The van der Waals surface area contributed by atoms with Crippen LogP contribution in [0.5, 0.6) is 17.2 Å². The summed E-state index contributed by atoms with van der Waals surface area (Å²) in [4.78, 5) is 12.8. The Morgan fingerprint density at radius 1 is 0.969 bits per heavy atom. The number of aryl methyl sites for hydroxylation is 1. The third-order valence-electron chi connectivity index (χ3n) is 5.96. The quantitative estimate of drug-likeness (QED) is 0.583. The van der Waals surface area contributed by atoms with Crippen LogP contribution >= 0.6 is 0 Å². The molecular weight excluding hydrogens is 426 g/mol. The first-order valence-electron chi connectivity index (χ1n) is 10.5. The molecule has 2 aliphatic rings. The monoisotopic (exact) mass is 449 g/mol. The van der Waals surface area contributed by atoms with Gasteiger partial charge >= 0.3 is 0 Å². The number of carbonyl (C=O) groups is 1. The summed E-state index contributed by atoms with van der Waals surface area (Å²) >= 11 is 0. The Labute approximate surface area is 187 Å². The highest BCUT2D eigenvalue weighted by Gasteiger charge is 2.48. The van der Waals surface area contributed by atoms with Crippen molar-refractivity contribution >= 4 is 15.8 Å². The lowest BCUT2D eigenvalue weighted by Crippen LogP contribution is -2.45. The van der Waals surface area contributed by atoms with Crippen LogP contribution in [0.15, 0.2) is 77.7 Å². The average Bonchev–Trinajstić information content (AvgIpc) is 3.18. The van der Waals surface area contributed by atoms with Gasteiger partial charge in [0, 0.05) is 13.0 Å². The zero-order valence-corrected chi connectivity index (χ0v) is 18.5. The Balaban J connectivity index is 1.33. The lowest BCUT2D eigenvalue weighted by Gasteiger charge is -2.34. The van der Waals surface area contributed by atoms with Crippen LogP contribution in [-0.4, -0.2) is 37.2 Å². The number of fused-ring (bicyclic) bond motifs is 1. The Bertz CT molecular complexity index is 1290. The molecule has 1 saturated heterocycles. The van der Waals surface area contributed by atoms with Crippen molar-refractivity contribution in [3.05, 3.63) is 83.9 Å². The molecule has 164 valence electrons. The van der Waals surface area contributed by atoms with Crippen molar-refractivity contribution in [3.8, 4) is 17.2 Å². The first-order chi connectivity index (χ1) is 15.3. The van der Waals surface area contributed by atoms with E-state index in [0.29, 0.717) is 35.8 Å². The second kappa shape index (κ2) is 7.76. The number of hydrogen-bond acceptors (Lipinski definition) is 5. The smallest absolute Gasteiger partial charge is 0.243 e. The largest absolute Gasteiger partial charge is 0.485 e. The molecule has 1 unspecified atom stereocenters. The zero-order valence-electron chi connectivity index (χ0n) is 17.7. The Hall–Kier alpha value is -3.16. The summed E-state index contributed by atoms with van der Waals surface area (Å²) < 4.78 is 39.9. The third-order valence-corrected chi connectivity index (χ3v) is 7.82. The van der Waals surface area contributed by atoms with E-state index < -0.39 is 15.6 Å². The number of rotatable bonds is 4. The van der Waals surface area contributed by atoms with Gasteiger partial charge in [0.1, 0.15) is 22.8 Å². The summed E-state index contributed by atoms with van der Waals surface area (Å²) in [6.07, 6.45) is 0.653. The standard InChI is InChI=1S/C25H23NO5S/c1-18-5-4-6-20(15-18)30-19-9-11-21(12-10-19)32(28,29)26-14-13-25(17-26)16-23(27)22-7-2-3-8-24(22)31-25/h2-12,15H,13-14,16-17H2,1H3. The lowest BCUT2D eigenvalue weighted by atomic mass is 9.89. The molecule has 2 heterocycles. The molecule has 1 fully saturated rings. The number of sulfonamides is 1. The molecule has 1 spiro atoms. The second-order valence-electron chi connectivity index (χ2n) is 8.36. The topological polar surface area (TPSA) is 72.9 Å². The number of benzene rings is 3. The van der Waals surface area contributed by atoms with Gasteiger partial charge in [-0.25, -0.2) is 8.42 Å². The highest BCUT2D eigenvalue weighted by Crippen LogP contribution is 2.40. The van der Waals surface area contributed by atoms with Crippen LogP contribution in [0.25, 0.3) is 0 Å². The maximum absolute atomic E-state index is 13.2. The van der Waals surface area contributed by atoms with E-state index in [4.69, 9.17) is 9.47 Å². The van der Waals surface area contributed by atoms with Crippen LogP contribution in [0.3, 0.4) is 0 Å². The second-order valence-corrected chi connectivity index (χ2v) is 10.3. The molecule has 1 atom stereocenters. The van der Waals surface area contributed by atoms with E-state index in [0.717, 1.165) is 5.56 Å². The zero-order chi connectivity index (χ0) is 22.3. The summed E-state index contributed by atoms with van der Waals surface area (Å²) in [7, 11) is -3.72. The van der Waals surface area contributed by atoms with Gasteiger partial charge in [-0.15, -0.1) is 0 Å². The maximum Gasteiger partial charge on any atom is 0.243 e. The fourth-order valence-electron chi connectivity index (χ4n) is 4.33. The molecule has 32 heavy (non-hydrogen) atoms. The minimum absolute atomic E-state index is 0.0104. The van der Waals surface area contributed by atoms with E-state index in [1.165, 1.54) is 4.31 Å². The van der Waals surface area contributed by atoms with Crippen molar-refractivity contribution in [1.29, 1.82) is 0 Å². The number of hydrogen-bond donors (Lipinski definition) is 0. The lowest BCUT2D eigenvalue weighted by molar-refractivity contribution is 0.0498. The van der Waals surface area contributed by atoms with Gasteiger partial charge in [0.15, 0.2) is 5.78 Å². The van der Waals surface area contributed by atoms with Gasteiger partial charge in [-0.3, -0.25) is 4.79 Å². The first kappa shape index (κ1) is 20.7. The molecule has 5 rings (SSSR count). The summed E-state index contributed by atoms with van der Waals surface area (Å²) in [5, 5.41) is 0. The van der Waals surface area contributed by atoms with Gasteiger partial charge in [0.2, 0.25) is 10.0 Å². The molecular formula is C25H23NO5S. The number of nitrogens with zero attached hydrogens (tertiary/aromatic N) is 1. The van der Waals surface area contributed by atoms with E-state index in [1.54, 1.807) is 42.5 Å². The van der Waals surface area contributed by atoms with Crippen molar-refractivity contribution in [2.24, 2.45) is 0 Å². The van der Waals surface area contributed by atoms with E-state index in [2.05, 4.69) is 0 Å². The van der Waals surface area contributed by atoms with Gasteiger partial charge in [0.25, 0.3) is 0 Å². The van der Waals surface area contributed by atoms with E-state index in [1.807, 2.05) is 37.3 Å². The van der Waals surface area contributed by atoms with Gasteiger partial charge < -0.3 is 9.47 Å². The Kier molecular flexibility index (Phi) is 5.03. The molecule has 0 aromatic heterocycles. The number of para-hydroxylation sites is 1. The van der Waals surface area contributed by atoms with Crippen molar-refractivity contribution in [1.82, 2.24) is 4.31 Å². The van der Waals surface area contributed by atoms with Crippen molar-refractivity contribution in [3.63, 3.8) is 0 Å². The molecule has 2 aliphatic heterocycles. The molecule has 7 heteroatoms. The fourth-order valence-corrected chi connectivity index (χ4v) is 5.84. The Morgan fingerprint density at radius 2 is 1.75 bits per heavy atom. The number of ketones is 1. The predicted molar refractivity (Wildman–Crippen MR) is 120 cm³/mol. The van der Waals surface area contributed by atoms with Gasteiger partial charge in [0.05, 0.1) is 23.4 Å². The first-order valence-corrected chi connectivity index (χ1v) is 11.9. The van der Waals surface area contributed by atoms with Crippen molar-refractivity contribution in [2.45, 2.75) is 30.3 Å². The van der Waals surface area contributed by atoms with Gasteiger partial charge in [-0.2, -0.15) is 4.31 Å². The third kappa shape index (κ3) is 3.78. The molecule has 6 nitrogen and oxygen atoms in total. The average molecular weight is 450 g/mol. The van der Waals surface area contributed by atoms with Crippen LogP contribution in [0, 0.1) is 6.92 Å². The van der Waals surface area contributed by atoms with Crippen molar-refractivity contribution < 1.29 is 22.7 Å². The molecule has 0 radical (unpaired) electrons. The maximum atomic E-state index is 13.2. The highest BCUT2D eigenvalue weighted by atomic mass is 32.2. The van der Waals surface area contributed by atoms with Crippen LogP contribution in [-0.2, 0) is 10.0 Å². The van der Waals surface area contributed by atoms with E-state index in [-0.39, 0.29) is 23.6 Å². The summed E-state index contributed by atoms with van der Waals surface area (Å²) in [6.45, 7) is 2.43. The van der Waals surface area contributed by atoms with Crippen LogP contribution in [0.4, 0.5) is 0 Å². The summed E-state index contributed by atoms with van der Waals surface area (Å²) in [6, 6.07) is 21.2. The number of carbonyl (C=O) groups excluding carboxylic acids is 1. The van der Waals surface area contributed by atoms with Crippen LogP contribution < -0.4 is 9.47 Å². The molecule has 0 amide bonds. The number of ether oxygens (including phenoxy) is 2. The minimum atomic E-state index is -3.72. The predicted octanol–water partition coefficient (Wildman–Crippen LogP) is 4.59. The summed E-state index contributed by atoms with van der Waals surface area (Å²) in [5.41, 5.74) is 0.825. The SMILES string of the molecule is Cc1cccc(Oc2ccc(S(=O)(=O)N3CCC4(CC(=O)c5ccccc5O4)C3)cc2)c1. The van der Waals surface area contributed by atoms with Gasteiger partial charge in [-0.05, 0) is 61.0 Å². The summed E-state index contributed by atoms with van der Waals surface area (Å²) in [5.74, 6) is 1.77. The molecule has 0 saturated carbocycles. The van der Waals surface area contributed by atoms with Crippen molar-refractivity contribution in [2.75, 3.05) is 13.1 Å². The fraction of sp³-hybridized carbons (Fsp3) is 0.240. The molecule has 0 N–H and O–H groups in total. The number of Topliss-reactive ketones (excluding diaryl/α,β-unsaturated/α-hetero) is 1. The highest BCUT2D eigenvalue weighted by molar-refractivity contribution is 7.89. The van der Waals surface area contributed by atoms with Crippen LogP contribution in [0.1, 0.15) is 28.8 Å². The van der Waals surface area contributed by atoms with Crippen LogP contribution in [0.2, 0.25) is 0 Å². The normalized spacial score (nSPS) is 20.7. The van der Waals surface area contributed by atoms with E-state index in [9.17, 15) is 13.2 Å². The molecule has 0 bridgehead atoms. The molecule has 3 aromatic carbocycles.